The van der Waals surface area contributed by atoms with Gasteiger partial charge in [0.05, 0.1) is 12.7 Å². The Bertz CT molecular complexity index is 642. The van der Waals surface area contributed by atoms with Crippen LogP contribution in [0.3, 0.4) is 0 Å². The van der Waals surface area contributed by atoms with E-state index in [0.29, 0.717) is 22.3 Å². The number of halogens is 1. The van der Waals surface area contributed by atoms with Crippen LogP contribution in [0.5, 0.6) is 5.75 Å². The number of hydrogen-bond donors (Lipinski definition) is 0. The molecule has 0 heterocycles. The van der Waals surface area contributed by atoms with Crippen LogP contribution in [-0.2, 0) is 9.53 Å². The van der Waals surface area contributed by atoms with Crippen LogP contribution < -0.4 is 4.74 Å². The van der Waals surface area contributed by atoms with Crippen LogP contribution in [0.4, 0.5) is 0 Å². The van der Waals surface area contributed by atoms with Gasteiger partial charge in [-0.2, -0.15) is 0 Å². The minimum atomic E-state index is -0.328. The van der Waals surface area contributed by atoms with Crippen molar-refractivity contribution < 1.29 is 19.1 Å². The van der Waals surface area contributed by atoms with Crippen molar-refractivity contribution in [2.45, 2.75) is 60.5 Å². The van der Waals surface area contributed by atoms with Crippen molar-refractivity contribution in [3.05, 3.63) is 33.9 Å². The summed E-state index contributed by atoms with van der Waals surface area (Å²) in [5.74, 6) is 0.760. The minimum Gasteiger partial charge on any atom is -0.496 e. The van der Waals surface area contributed by atoms with Gasteiger partial charge in [-0.25, -0.2) is 0 Å². The van der Waals surface area contributed by atoms with Gasteiger partial charge in [0.15, 0.2) is 6.29 Å². The lowest BCUT2D eigenvalue weighted by molar-refractivity contribution is -0.151. The van der Waals surface area contributed by atoms with Gasteiger partial charge in [-0.15, -0.1) is 0 Å². The van der Waals surface area contributed by atoms with Gasteiger partial charge < -0.3 is 9.47 Å². The fraction of sp³-hybridized carbons (Fsp3) is 0.524. The summed E-state index contributed by atoms with van der Waals surface area (Å²) in [5, 5.41) is 0.612. The zero-order chi connectivity index (χ0) is 20.5. The Hall–Kier alpha value is -1.81. The average molecular weight is 383 g/mol. The molecule has 146 valence electrons. The molecule has 1 aromatic rings. The van der Waals surface area contributed by atoms with Gasteiger partial charge >= 0.3 is 5.97 Å². The van der Waals surface area contributed by atoms with Crippen LogP contribution in [0.1, 0.15) is 69.4 Å². The van der Waals surface area contributed by atoms with Crippen molar-refractivity contribution in [3.63, 3.8) is 0 Å². The third-order valence-corrected chi connectivity index (χ3v) is 3.99. The highest BCUT2D eigenvalue weighted by molar-refractivity contribution is 6.32. The first-order chi connectivity index (χ1) is 12.0. The van der Waals surface area contributed by atoms with Crippen LogP contribution >= 0.6 is 11.6 Å². The molecule has 1 unspecified atom stereocenters. The normalized spacial score (nSPS) is 12.2. The number of methoxy groups -OCH3 is 1. The summed E-state index contributed by atoms with van der Waals surface area (Å²) >= 11 is 6.15. The Morgan fingerprint density at radius 1 is 1.31 bits per heavy atom. The van der Waals surface area contributed by atoms with Gasteiger partial charge in [-0.1, -0.05) is 44.0 Å². The van der Waals surface area contributed by atoms with E-state index in [1.807, 2.05) is 33.8 Å². The van der Waals surface area contributed by atoms with E-state index >= 15 is 0 Å². The molecule has 1 rings (SSSR count). The van der Waals surface area contributed by atoms with E-state index in [-0.39, 0.29) is 11.6 Å². The summed E-state index contributed by atoms with van der Waals surface area (Å²) in [5.41, 5.74) is 1.97. The number of esters is 1. The zero-order valence-electron chi connectivity index (χ0n) is 17.1. The van der Waals surface area contributed by atoms with Gasteiger partial charge in [0, 0.05) is 11.9 Å². The zero-order valence-corrected chi connectivity index (χ0v) is 17.9. The second-order valence-electron chi connectivity index (χ2n) is 7.08. The molecular weight excluding hydrogens is 352 g/mol. The highest BCUT2D eigenvalue weighted by atomic mass is 35.5. The lowest BCUT2D eigenvalue weighted by atomic mass is 9.99. The van der Waals surface area contributed by atoms with Crippen LogP contribution in [0.25, 0.3) is 6.08 Å². The van der Waals surface area contributed by atoms with E-state index in [1.165, 1.54) is 14.0 Å². The number of aldehydes is 1. The maximum absolute atomic E-state index is 11.2. The van der Waals surface area contributed by atoms with Crippen molar-refractivity contribution in [2.75, 3.05) is 7.11 Å². The van der Waals surface area contributed by atoms with E-state index in [2.05, 4.69) is 19.9 Å². The largest absolute Gasteiger partial charge is 0.496 e. The highest BCUT2D eigenvalue weighted by Gasteiger charge is 2.13. The molecule has 0 saturated carbocycles. The van der Waals surface area contributed by atoms with Crippen molar-refractivity contribution >= 4 is 29.9 Å². The van der Waals surface area contributed by atoms with E-state index in [1.54, 1.807) is 6.07 Å². The Morgan fingerprint density at radius 2 is 1.88 bits per heavy atom. The molecule has 0 amide bonds. The summed E-state index contributed by atoms with van der Waals surface area (Å²) in [6, 6.07) is 1.68. The SMILES string of the molecule is CC(=O)OC(C)(C)C.CCC(C)/C=C\c1c(C)c(Cl)cc(OC)c1C=O. The highest BCUT2D eigenvalue weighted by Crippen LogP contribution is 2.31. The van der Waals surface area contributed by atoms with Crippen LogP contribution in [0, 0.1) is 12.8 Å². The molecule has 0 radical (unpaired) electrons. The van der Waals surface area contributed by atoms with Gasteiger partial charge in [0.1, 0.15) is 11.4 Å². The van der Waals surface area contributed by atoms with Crippen molar-refractivity contribution in [3.8, 4) is 5.75 Å². The molecule has 4 nitrogen and oxygen atoms in total. The second kappa shape index (κ2) is 11.0. The first kappa shape index (κ1) is 24.2. The van der Waals surface area contributed by atoms with Gasteiger partial charge in [-0.05, 0) is 50.8 Å². The lowest BCUT2D eigenvalue weighted by Gasteiger charge is -2.17. The molecule has 0 aliphatic rings. The molecule has 0 N–H and O–H groups in total. The molecule has 1 aromatic carbocycles. The summed E-state index contributed by atoms with van der Waals surface area (Å²) in [6.07, 6.45) is 5.93. The molecule has 0 fully saturated rings. The number of ether oxygens (including phenoxy) is 2. The molecule has 1 atom stereocenters. The number of rotatable bonds is 5. The number of allylic oxidation sites excluding steroid dienone is 1. The molecule has 0 bridgehead atoms. The third kappa shape index (κ3) is 8.52. The number of carbonyl (C=O) groups excluding carboxylic acids is 2. The van der Waals surface area contributed by atoms with Crippen LogP contribution in [0.2, 0.25) is 5.02 Å². The average Bonchev–Trinajstić information content (AvgIpc) is 2.53. The summed E-state index contributed by atoms with van der Waals surface area (Å²) in [6.45, 7) is 13.1. The molecule has 0 aromatic heterocycles. The molecule has 0 saturated heterocycles. The lowest BCUT2D eigenvalue weighted by Crippen LogP contribution is -2.21. The summed E-state index contributed by atoms with van der Waals surface area (Å²) in [4.78, 5) is 21.5. The van der Waals surface area contributed by atoms with Gasteiger partial charge in [0.25, 0.3) is 0 Å². The number of benzene rings is 1. The van der Waals surface area contributed by atoms with E-state index in [0.717, 1.165) is 23.8 Å². The number of carbonyl (C=O) groups is 2. The Kier molecular flexibility index (Phi) is 10.3. The molecular formula is C21H31ClO4. The third-order valence-electron chi connectivity index (χ3n) is 3.60. The first-order valence-electron chi connectivity index (χ1n) is 8.66. The molecule has 26 heavy (non-hydrogen) atoms. The summed E-state index contributed by atoms with van der Waals surface area (Å²) < 4.78 is 9.99. The first-order valence-corrected chi connectivity index (χ1v) is 9.04. The fourth-order valence-electron chi connectivity index (χ4n) is 2.10. The monoisotopic (exact) mass is 382 g/mol. The maximum Gasteiger partial charge on any atom is 0.303 e. The fourth-order valence-corrected chi connectivity index (χ4v) is 2.30. The van der Waals surface area contributed by atoms with Crippen molar-refractivity contribution in [1.29, 1.82) is 0 Å². The quantitative estimate of drug-likeness (QED) is 0.471. The minimum absolute atomic E-state index is 0.225. The predicted octanol–water partition coefficient (Wildman–Crippen LogP) is 5.88. The number of hydrogen-bond acceptors (Lipinski definition) is 4. The standard InChI is InChI=1S/C15H19ClO2.C6H12O2/c1-5-10(2)6-7-12-11(3)14(16)8-15(18-4)13(12)9-17;1-5(7)8-6(2,3)4/h6-10H,5H2,1-4H3;1-4H3/b7-6-;. The Balaban J connectivity index is 0.000000660. The molecule has 0 spiro atoms. The van der Waals surface area contributed by atoms with Crippen molar-refractivity contribution in [1.82, 2.24) is 0 Å². The van der Waals surface area contributed by atoms with E-state index in [9.17, 15) is 9.59 Å². The van der Waals surface area contributed by atoms with Crippen LogP contribution in [-0.4, -0.2) is 25.0 Å². The van der Waals surface area contributed by atoms with Crippen molar-refractivity contribution in [2.24, 2.45) is 5.92 Å². The second-order valence-corrected chi connectivity index (χ2v) is 7.49. The molecule has 5 heteroatoms. The smallest absolute Gasteiger partial charge is 0.303 e. The summed E-state index contributed by atoms with van der Waals surface area (Å²) in [7, 11) is 1.54. The topological polar surface area (TPSA) is 52.6 Å². The van der Waals surface area contributed by atoms with E-state index in [4.69, 9.17) is 21.1 Å². The van der Waals surface area contributed by atoms with Gasteiger partial charge in [0.2, 0.25) is 0 Å². The van der Waals surface area contributed by atoms with E-state index < -0.39 is 0 Å². The Morgan fingerprint density at radius 3 is 2.23 bits per heavy atom. The van der Waals surface area contributed by atoms with Gasteiger partial charge in [-0.3, -0.25) is 9.59 Å². The maximum atomic E-state index is 11.2. The predicted molar refractivity (Wildman–Crippen MR) is 108 cm³/mol. The Labute approximate surface area is 162 Å². The molecule has 0 aliphatic heterocycles. The van der Waals surface area contributed by atoms with Crippen LogP contribution in [0.15, 0.2) is 12.1 Å². The molecule has 0 aliphatic carbocycles.